The van der Waals surface area contributed by atoms with Gasteiger partial charge in [0.05, 0.1) is 22.5 Å². The minimum atomic E-state index is -0.00175. The number of rotatable bonds is 4. The summed E-state index contributed by atoms with van der Waals surface area (Å²) in [5.41, 5.74) is 5.22. The lowest BCUT2D eigenvalue weighted by molar-refractivity contribution is -0.608. The van der Waals surface area contributed by atoms with E-state index in [0.29, 0.717) is 17.9 Å². The van der Waals surface area contributed by atoms with Gasteiger partial charge in [0.2, 0.25) is 11.4 Å². The van der Waals surface area contributed by atoms with Crippen molar-refractivity contribution in [2.75, 3.05) is 0 Å². The number of carbonyl (C=O) groups excluding carboxylic acids is 1. The third-order valence-electron chi connectivity index (χ3n) is 5.45. The molecule has 1 aromatic rings. The van der Waals surface area contributed by atoms with Crippen molar-refractivity contribution in [2.24, 2.45) is 10.3 Å². The predicted octanol–water partition coefficient (Wildman–Crippen LogP) is 4.96. The summed E-state index contributed by atoms with van der Waals surface area (Å²) in [7, 11) is 0. The molecule has 0 fully saturated rings. The van der Waals surface area contributed by atoms with Crippen molar-refractivity contribution in [3.05, 3.63) is 57.2 Å². The Morgan fingerprint density at radius 1 is 1.21 bits per heavy atom. The highest BCUT2D eigenvalue weighted by Crippen LogP contribution is 2.41. The summed E-state index contributed by atoms with van der Waals surface area (Å²) in [6, 6.07) is 7.87. The van der Waals surface area contributed by atoms with E-state index in [9.17, 15) is 4.79 Å². The first-order valence-corrected chi connectivity index (χ1v) is 10.7. The molecule has 0 saturated carbocycles. The quantitative estimate of drug-likeness (QED) is 0.654. The van der Waals surface area contributed by atoms with Crippen molar-refractivity contribution in [1.82, 2.24) is 0 Å². The van der Waals surface area contributed by atoms with Crippen LogP contribution in [-0.2, 0) is 4.79 Å². The fourth-order valence-corrected chi connectivity index (χ4v) is 5.35. The monoisotopic (exact) mass is 414 g/mol. The minimum Gasteiger partial charge on any atom is -0.299 e. The lowest BCUT2D eigenvalue weighted by Crippen LogP contribution is -2.41. The van der Waals surface area contributed by atoms with Crippen molar-refractivity contribution in [2.45, 2.75) is 52.0 Å². The summed E-state index contributed by atoms with van der Waals surface area (Å²) in [6.07, 6.45) is 2.96. The van der Waals surface area contributed by atoms with Gasteiger partial charge in [-0.1, -0.05) is 18.5 Å². The van der Waals surface area contributed by atoms with E-state index in [-0.39, 0.29) is 17.2 Å². The van der Waals surface area contributed by atoms with Crippen LogP contribution >= 0.6 is 23.4 Å². The fraction of sp³-hybridized carbons (Fsp3) is 0.381. The molecule has 0 N–H and O–H groups in total. The lowest BCUT2D eigenvalue weighted by Gasteiger charge is -2.13. The summed E-state index contributed by atoms with van der Waals surface area (Å²) in [5, 5.41) is 9.61. The van der Waals surface area contributed by atoms with Gasteiger partial charge >= 0.3 is 0 Å². The van der Waals surface area contributed by atoms with Gasteiger partial charge in [-0.2, -0.15) is 4.58 Å². The molecule has 2 unspecified atom stereocenters. The number of benzene rings is 1. The van der Waals surface area contributed by atoms with E-state index in [1.807, 2.05) is 54.6 Å². The van der Waals surface area contributed by atoms with Crippen LogP contribution in [0.4, 0.5) is 0 Å². The molecule has 0 saturated heterocycles. The van der Waals surface area contributed by atoms with Gasteiger partial charge in [-0.05, 0) is 43.0 Å². The van der Waals surface area contributed by atoms with E-state index in [0.717, 1.165) is 22.7 Å². The predicted molar refractivity (Wildman–Crippen MR) is 113 cm³/mol. The molecule has 0 bridgehead atoms. The van der Waals surface area contributed by atoms with Gasteiger partial charge in [-0.15, -0.1) is 4.70 Å². The Bertz CT molecular complexity index is 1020. The third-order valence-corrected chi connectivity index (χ3v) is 7.06. The second kappa shape index (κ2) is 7.41. The number of hydrogen-bond donors (Lipinski definition) is 0. The topological polar surface area (TPSA) is 47.8 Å². The molecule has 0 aromatic heterocycles. The van der Waals surface area contributed by atoms with Crippen LogP contribution in [0.25, 0.3) is 0 Å². The van der Waals surface area contributed by atoms with Gasteiger partial charge in [0.15, 0.2) is 5.70 Å². The van der Waals surface area contributed by atoms with E-state index < -0.39 is 0 Å². The van der Waals surface area contributed by atoms with Crippen LogP contribution in [0, 0.1) is 0 Å². The number of allylic oxidation sites excluding steroid dienone is 4. The highest BCUT2D eigenvalue weighted by Gasteiger charge is 2.53. The fourth-order valence-electron chi connectivity index (χ4n) is 3.77. The summed E-state index contributed by atoms with van der Waals surface area (Å²) >= 11 is 7.96. The number of fused-ring (bicyclic) bond motifs is 3. The maximum atomic E-state index is 12.3. The first-order chi connectivity index (χ1) is 13.4. The van der Waals surface area contributed by atoms with Crippen LogP contribution < -0.4 is 0 Å². The van der Waals surface area contributed by atoms with E-state index in [2.05, 4.69) is 34.8 Å². The molecule has 3 heterocycles. The Balaban J connectivity index is 1.95. The van der Waals surface area contributed by atoms with Crippen LogP contribution in [-0.4, -0.2) is 37.9 Å². The molecule has 2 atom stereocenters. The highest BCUT2D eigenvalue weighted by atomic mass is 35.5. The zero-order chi connectivity index (χ0) is 20.0. The average Bonchev–Trinajstić information content (AvgIpc) is 3.15. The van der Waals surface area contributed by atoms with Gasteiger partial charge in [0, 0.05) is 30.9 Å². The highest BCUT2D eigenvalue weighted by molar-refractivity contribution is 8.03. The SMILES string of the molecule is CCC(=O)CC1=CC(c2ccc(Cl)cc2)=[N+]2C(C)=C(C)SC2C2C(C)=NN=[N+]12. The zero-order valence-corrected chi connectivity index (χ0v) is 18.0. The standard InChI is InChI=1S/C21H23ClN4OS/c1-5-18(27)10-17-11-19(15-6-8-16(22)9-7-15)25-13(3)14(4)28-21(25)20-12(2)23-24-26(17)20/h6-9,11,20-21H,5,10H2,1-4H3/q+2. The molecular formula is C21H23ClN4OS+2. The first kappa shape index (κ1) is 19.3. The normalized spacial score (nSPS) is 23.8. The Morgan fingerprint density at radius 3 is 2.61 bits per heavy atom. The van der Waals surface area contributed by atoms with Crippen LogP contribution in [0.3, 0.4) is 0 Å². The van der Waals surface area contributed by atoms with Crippen LogP contribution in [0.1, 0.15) is 46.1 Å². The summed E-state index contributed by atoms with van der Waals surface area (Å²) < 4.78 is 4.31. The average molecular weight is 415 g/mol. The number of halogens is 1. The Labute approximate surface area is 174 Å². The van der Waals surface area contributed by atoms with Crippen LogP contribution in [0.5, 0.6) is 0 Å². The van der Waals surface area contributed by atoms with Crippen molar-refractivity contribution in [3.63, 3.8) is 0 Å². The number of hydrogen-bond acceptors (Lipinski definition) is 4. The molecule has 3 aliphatic heterocycles. The molecule has 4 rings (SSSR count). The van der Waals surface area contributed by atoms with Crippen LogP contribution in [0.2, 0.25) is 5.02 Å². The summed E-state index contributed by atoms with van der Waals surface area (Å²) in [4.78, 5) is 13.6. The maximum Gasteiger partial charge on any atom is 0.259 e. The largest absolute Gasteiger partial charge is 0.299 e. The second-order valence-corrected chi connectivity index (χ2v) is 9.00. The van der Waals surface area contributed by atoms with Gasteiger partial charge < -0.3 is 0 Å². The molecule has 0 amide bonds. The van der Waals surface area contributed by atoms with Crippen LogP contribution in [0.15, 0.2) is 57.0 Å². The van der Waals surface area contributed by atoms with Gasteiger partial charge in [0.1, 0.15) is 16.7 Å². The van der Waals surface area contributed by atoms with Gasteiger partial charge in [-0.3, -0.25) is 4.79 Å². The van der Waals surface area contributed by atoms with Crippen molar-refractivity contribution < 1.29 is 14.1 Å². The number of Topliss-reactive ketones (excluding diaryl/α,β-unsaturated/α-hetero) is 1. The molecule has 144 valence electrons. The third kappa shape index (κ3) is 3.18. The van der Waals surface area contributed by atoms with Crippen molar-refractivity contribution >= 4 is 40.6 Å². The van der Waals surface area contributed by atoms with Gasteiger partial charge in [-0.25, -0.2) is 0 Å². The van der Waals surface area contributed by atoms with E-state index >= 15 is 0 Å². The maximum absolute atomic E-state index is 12.3. The number of ketones is 1. The lowest BCUT2D eigenvalue weighted by atomic mass is 10.1. The smallest absolute Gasteiger partial charge is 0.259 e. The molecule has 1 aromatic carbocycles. The van der Waals surface area contributed by atoms with E-state index in [1.165, 1.54) is 10.6 Å². The molecule has 0 spiro atoms. The molecule has 5 nitrogen and oxygen atoms in total. The zero-order valence-electron chi connectivity index (χ0n) is 16.4. The van der Waals surface area contributed by atoms with Gasteiger partial charge in [0.25, 0.3) is 11.4 Å². The molecule has 0 radical (unpaired) electrons. The Morgan fingerprint density at radius 2 is 1.93 bits per heavy atom. The molecule has 28 heavy (non-hydrogen) atoms. The first-order valence-electron chi connectivity index (χ1n) is 9.43. The summed E-state index contributed by atoms with van der Waals surface area (Å²) in [6.45, 7) is 8.22. The Hall–Kier alpha value is -2.05. The molecule has 0 aliphatic carbocycles. The second-order valence-electron chi connectivity index (χ2n) is 7.24. The van der Waals surface area contributed by atoms with Crippen molar-refractivity contribution in [1.29, 1.82) is 0 Å². The summed E-state index contributed by atoms with van der Waals surface area (Å²) in [5.74, 6) is 0.193. The van der Waals surface area contributed by atoms with E-state index in [4.69, 9.17) is 11.6 Å². The van der Waals surface area contributed by atoms with Crippen molar-refractivity contribution in [3.8, 4) is 0 Å². The molecular weight excluding hydrogens is 392 g/mol. The number of thioether (sulfide) groups is 1. The molecule has 3 aliphatic rings. The minimum absolute atomic E-state index is 0.00175. The molecule has 7 heteroatoms. The Kier molecular flexibility index (Phi) is 5.10. The number of nitrogens with zero attached hydrogens (tertiary/aromatic N) is 4. The number of carbonyl (C=O) groups is 1. The van der Waals surface area contributed by atoms with E-state index in [1.54, 1.807) is 0 Å².